The van der Waals surface area contributed by atoms with Crippen molar-refractivity contribution in [3.05, 3.63) is 94.5 Å². The quantitative estimate of drug-likeness (QED) is 0.588. The zero-order chi connectivity index (χ0) is 22.5. The van der Waals surface area contributed by atoms with Crippen LogP contribution in [0.4, 0.5) is 11.4 Å². The molecule has 6 nitrogen and oxygen atoms in total. The Bertz CT molecular complexity index is 1110. The molecule has 0 aromatic heterocycles. The second-order valence-corrected chi connectivity index (χ2v) is 7.93. The minimum Gasteiger partial charge on any atom is -0.478 e. The summed E-state index contributed by atoms with van der Waals surface area (Å²) >= 11 is 6.15. The van der Waals surface area contributed by atoms with Crippen LogP contribution in [0.3, 0.4) is 0 Å². The number of anilines is 2. The van der Waals surface area contributed by atoms with Gasteiger partial charge >= 0.3 is 5.97 Å². The number of carbonyl (C=O) groups is 2. The van der Waals surface area contributed by atoms with Crippen LogP contribution in [0.1, 0.15) is 26.3 Å². The Morgan fingerprint density at radius 1 is 0.969 bits per heavy atom. The zero-order valence-electron chi connectivity index (χ0n) is 17.4. The third kappa shape index (κ3) is 4.93. The van der Waals surface area contributed by atoms with Gasteiger partial charge in [-0.25, -0.2) is 4.79 Å². The van der Waals surface area contributed by atoms with Crippen LogP contribution >= 0.6 is 11.6 Å². The molecule has 1 fully saturated rings. The van der Waals surface area contributed by atoms with Crippen LogP contribution in [-0.2, 0) is 11.3 Å². The van der Waals surface area contributed by atoms with Crippen LogP contribution in [0.5, 0.6) is 0 Å². The molecule has 0 atom stereocenters. The average molecular weight is 451 g/mol. The fourth-order valence-corrected chi connectivity index (χ4v) is 3.99. The first-order valence-corrected chi connectivity index (χ1v) is 10.7. The molecule has 7 heteroatoms. The number of carboxylic acid groups (broad SMARTS) is 1. The number of hydrogen-bond donors (Lipinski definition) is 1. The van der Waals surface area contributed by atoms with Crippen LogP contribution in [0.2, 0.25) is 5.02 Å². The molecule has 1 heterocycles. The lowest BCUT2D eigenvalue weighted by atomic mass is 10.1. The van der Waals surface area contributed by atoms with Gasteiger partial charge in [-0.3, -0.25) is 4.79 Å². The molecule has 3 aromatic carbocycles. The number of rotatable bonds is 6. The van der Waals surface area contributed by atoms with Crippen LogP contribution in [0, 0.1) is 0 Å². The summed E-state index contributed by atoms with van der Waals surface area (Å²) in [5, 5.41) is 10.5. The number of ether oxygens (including phenoxy) is 1. The molecule has 1 saturated heterocycles. The zero-order valence-corrected chi connectivity index (χ0v) is 18.2. The average Bonchev–Trinajstić information content (AvgIpc) is 2.83. The molecular weight excluding hydrogens is 428 g/mol. The molecule has 0 bridgehead atoms. The summed E-state index contributed by atoms with van der Waals surface area (Å²) in [7, 11) is 0. The summed E-state index contributed by atoms with van der Waals surface area (Å²) < 4.78 is 5.39. The highest BCUT2D eigenvalue weighted by Gasteiger charge is 2.23. The minimum absolute atomic E-state index is 0.154. The van der Waals surface area contributed by atoms with E-state index < -0.39 is 5.97 Å². The SMILES string of the molecule is O=C(O)c1cc(N(Cc2cccc(Cl)c2)C(=O)c2ccccc2)ccc1N1CCOCC1. The van der Waals surface area contributed by atoms with Gasteiger partial charge in [0.15, 0.2) is 0 Å². The molecule has 0 radical (unpaired) electrons. The number of amides is 1. The van der Waals surface area contributed by atoms with Gasteiger partial charge in [-0.1, -0.05) is 41.9 Å². The first-order valence-electron chi connectivity index (χ1n) is 10.3. The van der Waals surface area contributed by atoms with E-state index in [2.05, 4.69) is 0 Å². The topological polar surface area (TPSA) is 70.1 Å². The monoisotopic (exact) mass is 450 g/mol. The van der Waals surface area contributed by atoms with Crippen LogP contribution in [0.25, 0.3) is 0 Å². The number of carbonyl (C=O) groups excluding carboxylic acids is 1. The van der Waals surface area contributed by atoms with Gasteiger partial charge in [0, 0.05) is 29.4 Å². The second kappa shape index (κ2) is 9.85. The highest BCUT2D eigenvalue weighted by Crippen LogP contribution is 2.29. The van der Waals surface area contributed by atoms with Crippen molar-refractivity contribution in [2.75, 3.05) is 36.1 Å². The molecule has 1 aliphatic heterocycles. The summed E-state index contributed by atoms with van der Waals surface area (Å²) in [5.74, 6) is -1.26. The molecular formula is C25H23ClN2O4. The minimum atomic E-state index is -1.04. The predicted molar refractivity (Wildman–Crippen MR) is 125 cm³/mol. The van der Waals surface area contributed by atoms with E-state index in [1.807, 2.05) is 23.1 Å². The third-order valence-electron chi connectivity index (χ3n) is 5.37. The molecule has 3 aromatic rings. The first kappa shape index (κ1) is 21.9. The van der Waals surface area contributed by atoms with E-state index in [1.165, 1.54) is 0 Å². The Balaban J connectivity index is 1.75. The maximum absolute atomic E-state index is 13.4. The van der Waals surface area contributed by atoms with E-state index in [0.29, 0.717) is 48.3 Å². The van der Waals surface area contributed by atoms with Crippen molar-refractivity contribution < 1.29 is 19.4 Å². The van der Waals surface area contributed by atoms with Crippen molar-refractivity contribution in [3.63, 3.8) is 0 Å². The maximum Gasteiger partial charge on any atom is 0.337 e. The van der Waals surface area contributed by atoms with Gasteiger partial charge in [-0.15, -0.1) is 0 Å². The van der Waals surface area contributed by atoms with Crippen molar-refractivity contribution in [1.82, 2.24) is 0 Å². The summed E-state index contributed by atoms with van der Waals surface area (Å²) in [6.45, 7) is 2.59. The lowest BCUT2D eigenvalue weighted by Crippen LogP contribution is -2.37. The van der Waals surface area contributed by atoms with Gasteiger partial charge < -0.3 is 19.6 Å². The summed E-state index contributed by atoms with van der Waals surface area (Å²) in [6, 6.07) is 21.3. The smallest absolute Gasteiger partial charge is 0.337 e. The molecule has 0 spiro atoms. The highest BCUT2D eigenvalue weighted by molar-refractivity contribution is 6.30. The number of aromatic carboxylic acids is 1. The standard InChI is InChI=1S/C25H23ClN2O4/c26-20-8-4-5-18(15-20)17-28(24(29)19-6-2-1-3-7-19)21-9-10-23(22(16-21)25(30)31)27-11-13-32-14-12-27/h1-10,15-16H,11-14,17H2,(H,30,31). The molecule has 0 aliphatic carbocycles. The molecule has 1 aliphatic rings. The number of halogens is 1. The van der Waals surface area contributed by atoms with Crippen LogP contribution < -0.4 is 9.80 Å². The van der Waals surface area contributed by atoms with Crippen molar-refractivity contribution >= 4 is 34.9 Å². The Kier molecular flexibility index (Phi) is 6.73. The van der Waals surface area contributed by atoms with Gasteiger partial charge in [-0.05, 0) is 48.0 Å². The number of hydrogen-bond acceptors (Lipinski definition) is 4. The van der Waals surface area contributed by atoms with E-state index in [1.54, 1.807) is 59.5 Å². The van der Waals surface area contributed by atoms with Gasteiger partial charge in [0.2, 0.25) is 0 Å². The number of morpholine rings is 1. The van der Waals surface area contributed by atoms with Crippen molar-refractivity contribution in [2.45, 2.75) is 6.54 Å². The Labute approximate surface area is 191 Å². The number of carboxylic acids is 1. The van der Waals surface area contributed by atoms with E-state index in [4.69, 9.17) is 16.3 Å². The van der Waals surface area contributed by atoms with E-state index in [0.717, 1.165) is 5.56 Å². The highest BCUT2D eigenvalue weighted by atomic mass is 35.5. The van der Waals surface area contributed by atoms with Crippen molar-refractivity contribution in [1.29, 1.82) is 0 Å². The van der Waals surface area contributed by atoms with E-state index in [9.17, 15) is 14.7 Å². The molecule has 0 saturated carbocycles. The summed E-state index contributed by atoms with van der Waals surface area (Å²) in [4.78, 5) is 29.1. The first-order chi connectivity index (χ1) is 15.5. The molecule has 1 N–H and O–H groups in total. The molecule has 32 heavy (non-hydrogen) atoms. The predicted octanol–water partition coefficient (Wildman–Crippen LogP) is 4.72. The normalized spacial score (nSPS) is 13.6. The maximum atomic E-state index is 13.4. The van der Waals surface area contributed by atoms with E-state index >= 15 is 0 Å². The van der Waals surface area contributed by atoms with Gasteiger partial charge in [-0.2, -0.15) is 0 Å². The lowest BCUT2D eigenvalue weighted by Gasteiger charge is -2.31. The van der Waals surface area contributed by atoms with Gasteiger partial charge in [0.05, 0.1) is 31.0 Å². The lowest BCUT2D eigenvalue weighted by molar-refractivity contribution is 0.0696. The molecule has 1 amide bonds. The Morgan fingerprint density at radius 2 is 1.72 bits per heavy atom. The fourth-order valence-electron chi connectivity index (χ4n) is 3.78. The summed E-state index contributed by atoms with van der Waals surface area (Å²) in [5.41, 5.74) is 2.65. The second-order valence-electron chi connectivity index (χ2n) is 7.49. The third-order valence-corrected chi connectivity index (χ3v) is 5.60. The molecule has 4 rings (SSSR count). The van der Waals surface area contributed by atoms with Gasteiger partial charge in [0.1, 0.15) is 0 Å². The van der Waals surface area contributed by atoms with Crippen LogP contribution in [0.15, 0.2) is 72.8 Å². The Hall–Kier alpha value is -3.35. The fraction of sp³-hybridized carbons (Fsp3) is 0.200. The molecule has 0 unspecified atom stereocenters. The van der Waals surface area contributed by atoms with Gasteiger partial charge in [0.25, 0.3) is 5.91 Å². The largest absolute Gasteiger partial charge is 0.478 e. The van der Waals surface area contributed by atoms with E-state index in [-0.39, 0.29) is 18.0 Å². The number of benzene rings is 3. The van der Waals surface area contributed by atoms with Crippen molar-refractivity contribution in [2.24, 2.45) is 0 Å². The Morgan fingerprint density at radius 3 is 2.41 bits per heavy atom. The number of nitrogens with zero attached hydrogens (tertiary/aromatic N) is 2. The summed E-state index contributed by atoms with van der Waals surface area (Å²) in [6.07, 6.45) is 0. The van der Waals surface area contributed by atoms with Crippen molar-refractivity contribution in [3.8, 4) is 0 Å². The molecule has 164 valence electrons. The van der Waals surface area contributed by atoms with Crippen LogP contribution in [-0.4, -0.2) is 43.3 Å².